The maximum Gasteiger partial charge on any atom is 0.316 e. The van der Waals surface area contributed by atoms with Crippen LogP contribution < -0.4 is 11.1 Å². The molecule has 3 amide bonds. The van der Waals surface area contributed by atoms with Gasteiger partial charge in [0.1, 0.15) is 11.3 Å². The number of rotatable bonds is 9. The monoisotopic (exact) mass is 510 g/mol. The van der Waals surface area contributed by atoms with Crippen LogP contribution in [0.1, 0.15) is 29.9 Å². The molecule has 5 N–H and O–H groups in total. The topological polar surface area (TPSA) is 125 Å². The molecule has 0 aliphatic carbocycles. The van der Waals surface area contributed by atoms with E-state index in [-0.39, 0.29) is 19.0 Å². The summed E-state index contributed by atoms with van der Waals surface area (Å²) in [6.07, 6.45) is 1.83. The number of nitrogens with one attached hydrogen (secondary N) is 2. The highest BCUT2D eigenvalue weighted by Crippen LogP contribution is 2.30. The number of urea groups is 1. The minimum absolute atomic E-state index is 0.0318. The molecular formula is C30H30N4O4. The van der Waals surface area contributed by atoms with Gasteiger partial charge in [-0.3, -0.25) is 4.79 Å². The lowest BCUT2D eigenvalue weighted by Crippen LogP contribution is -2.65. The molecular weight excluding hydrogens is 480 g/mol. The van der Waals surface area contributed by atoms with Gasteiger partial charge in [-0.25, -0.2) is 4.79 Å². The largest absolute Gasteiger partial charge is 0.459 e. The lowest BCUT2D eigenvalue weighted by Gasteiger charge is -2.40. The van der Waals surface area contributed by atoms with E-state index < -0.39 is 24.1 Å². The summed E-state index contributed by atoms with van der Waals surface area (Å²) in [5, 5.41) is 15.6. The molecule has 0 fully saturated rings. The Bertz CT molecular complexity index is 1540. The van der Waals surface area contributed by atoms with E-state index in [0.29, 0.717) is 11.3 Å². The van der Waals surface area contributed by atoms with Crippen molar-refractivity contribution in [2.75, 3.05) is 6.61 Å². The van der Waals surface area contributed by atoms with Gasteiger partial charge in [-0.2, -0.15) is 0 Å². The van der Waals surface area contributed by atoms with E-state index >= 15 is 0 Å². The number of furan rings is 1. The van der Waals surface area contributed by atoms with Crippen LogP contribution in [0.25, 0.3) is 21.9 Å². The fraction of sp³-hybridized carbons (Fsp3) is 0.200. The SMILES string of the molecule is CC(NC(=O)C(CO)(Cc1c[nH]c2ccccc12)N(Cc1cc2ccccc2o1)C(N)=O)c1ccccc1. The van der Waals surface area contributed by atoms with Crippen molar-refractivity contribution < 1.29 is 19.1 Å². The van der Waals surface area contributed by atoms with E-state index in [0.717, 1.165) is 27.4 Å². The normalized spacial score (nSPS) is 13.7. The number of aromatic amines is 1. The molecule has 194 valence electrons. The second-order valence-electron chi connectivity index (χ2n) is 9.51. The zero-order valence-corrected chi connectivity index (χ0v) is 21.1. The molecule has 8 heteroatoms. The van der Waals surface area contributed by atoms with Crippen LogP contribution in [0.4, 0.5) is 4.79 Å². The van der Waals surface area contributed by atoms with Crippen LogP contribution in [-0.2, 0) is 17.8 Å². The number of H-pyrrole nitrogens is 1. The zero-order chi connectivity index (χ0) is 26.7. The number of fused-ring (bicyclic) bond motifs is 2. The summed E-state index contributed by atoms with van der Waals surface area (Å²) in [5.41, 5.74) is 7.40. The summed E-state index contributed by atoms with van der Waals surface area (Å²) >= 11 is 0. The third-order valence-corrected chi connectivity index (χ3v) is 7.06. The molecule has 0 radical (unpaired) electrons. The summed E-state index contributed by atoms with van der Waals surface area (Å²) in [7, 11) is 0. The Kier molecular flexibility index (Phi) is 6.89. The third-order valence-electron chi connectivity index (χ3n) is 7.06. The average Bonchev–Trinajstić information content (AvgIpc) is 3.54. The van der Waals surface area contributed by atoms with Gasteiger partial charge in [0.15, 0.2) is 5.54 Å². The van der Waals surface area contributed by atoms with Crippen molar-refractivity contribution in [3.05, 3.63) is 108 Å². The zero-order valence-electron chi connectivity index (χ0n) is 21.1. The number of benzene rings is 3. The molecule has 0 bridgehead atoms. The molecule has 0 aliphatic rings. The van der Waals surface area contributed by atoms with E-state index in [4.69, 9.17) is 10.2 Å². The highest BCUT2D eigenvalue weighted by Gasteiger charge is 2.47. The van der Waals surface area contributed by atoms with Crippen molar-refractivity contribution in [1.29, 1.82) is 0 Å². The number of aliphatic hydroxyl groups is 1. The van der Waals surface area contributed by atoms with Gasteiger partial charge in [0.05, 0.1) is 19.2 Å². The second-order valence-corrected chi connectivity index (χ2v) is 9.51. The van der Waals surface area contributed by atoms with Gasteiger partial charge in [0, 0.05) is 28.9 Å². The van der Waals surface area contributed by atoms with Crippen LogP contribution >= 0.6 is 0 Å². The lowest BCUT2D eigenvalue weighted by molar-refractivity contribution is -0.135. The molecule has 3 aromatic carbocycles. The van der Waals surface area contributed by atoms with Crippen LogP contribution in [0.5, 0.6) is 0 Å². The number of nitrogens with two attached hydrogens (primary N) is 1. The maximum absolute atomic E-state index is 14.1. The van der Waals surface area contributed by atoms with E-state index in [1.807, 2.05) is 91.9 Å². The molecule has 0 aliphatic heterocycles. The molecule has 0 spiro atoms. The first-order valence-electron chi connectivity index (χ1n) is 12.5. The van der Waals surface area contributed by atoms with Crippen LogP contribution in [0.3, 0.4) is 0 Å². The standard InChI is InChI=1S/C30H30N4O4/c1-20(21-9-3-2-4-10-21)33-28(36)30(19-35,16-23-17-32-26-13-7-6-12-25(23)26)34(29(31)37)18-24-15-22-11-5-8-14-27(22)38-24/h2-15,17,20,32,35H,16,18-19H2,1H3,(H2,31,37)(H,33,36). The average molecular weight is 511 g/mol. The van der Waals surface area contributed by atoms with Crippen molar-refractivity contribution in [2.45, 2.75) is 31.5 Å². The molecule has 0 saturated carbocycles. The lowest BCUT2D eigenvalue weighted by atomic mass is 9.87. The smallest absolute Gasteiger partial charge is 0.316 e. The summed E-state index contributed by atoms with van der Waals surface area (Å²) in [6.45, 7) is 1.11. The van der Waals surface area contributed by atoms with Crippen LogP contribution in [0.2, 0.25) is 0 Å². The summed E-state index contributed by atoms with van der Waals surface area (Å²) in [5.74, 6) is -0.0674. The number of hydrogen-bond acceptors (Lipinski definition) is 4. The number of nitrogens with zero attached hydrogens (tertiary/aromatic N) is 1. The summed E-state index contributed by atoms with van der Waals surface area (Å²) in [6, 6.07) is 25.2. The number of carbonyl (C=O) groups excluding carboxylic acids is 2. The van der Waals surface area contributed by atoms with E-state index in [9.17, 15) is 14.7 Å². The Morgan fingerprint density at radius 2 is 1.76 bits per heavy atom. The van der Waals surface area contributed by atoms with Crippen LogP contribution in [-0.4, -0.2) is 39.1 Å². The predicted octanol–water partition coefficient (Wildman–Crippen LogP) is 4.65. The van der Waals surface area contributed by atoms with Crippen molar-refractivity contribution in [3.63, 3.8) is 0 Å². The molecule has 5 aromatic rings. The van der Waals surface area contributed by atoms with Crippen molar-refractivity contribution in [2.24, 2.45) is 5.73 Å². The summed E-state index contributed by atoms with van der Waals surface area (Å²) in [4.78, 5) is 31.5. The van der Waals surface area contributed by atoms with Crippen LogP contribution in [0, 0.1) is 0 Å². The first-order chi connectivity index (χ1) is 18.4. The van der Waals surface area contributed by atoms with Crippen molar-refractivity contribution in [1.82, 2.24) is 15.2 Å². The fourth-order valence-electron chi connectivity index (χ4n) is 4.97. The first-order valence-corrected chi connectivity index (χ1v) is 12.5. The van der Waals surface area contributed by atoms with E-state index in [1.54, 1.807) is 6.20 Å². The van der Waals surface area contributed by atoms with Crippen LogP contribution in [0.15, 0.2) is 95.5 Å². The quantitative estimate of drug-likeness (QED) is 0.230. The summed E-state index contributed by atoms with van der Waals surface area (Å²) < 4.78 is 5.96. The van der Waals surface area contributed by atoms with Gasteiger partial charge in [-0.1, -0.05) is 66.7 Å². The Labute approximate surface area is 220 Å². The maximum atomic E-state index is 14.1. The van der Waals surface area contributed by atoms with Crippen molar-refractivity contribution >= 4 is 33.8 Å². The predicted molar refractivity (Wildman–Crippen MR) is 146 cm³/mol. The van der Waals surface area contributed by atoms with Gasteiger partial charge in [-0.15, -0.1) is 0 Å². The van der Waals surface area contributed by atoms with Gasteiger partial charge in [-0.05, 0) is 36.2 Å². The molecule has 2 heterocycles. The molecule has 2 aromatic heterocycles. The number of aliphatic hydroxyl groups excluding tert-OH is 1. The Morgan fingerprint density at radius 3 is 2.50 bits per heavy atom. The Morgan fingerprint density at radius 1 is 1.05 bits per heavy atom. The number of carbonyl (C=O) groups is 2. The first kappa shape index (κ1) is 25.1. The van der Waals surface area contributed by atoms with E-state index in [1.165, 1.54) is 4.90 Å². The highest BCUT2D eigenvalue weighted by atomic mass is 16.3. The molecule has 8 nitrogen and oxygen atoms in total. The Hall–Kier alpha value is -4.56. The van der Waals surface area contributed by atoms with Gasteiger partial charge in [0.25, 0.3) is 0 Å². The molecule has 5 rings (SSSR count). The van der Waals surface area contributed by atoms with E-state index in [2.05, 4.69) is 10.3 Å². The van der Waals surface area contributed by atoms with Gasteiger partial charge in [0.2, 0.25) is 5.91 Å². The molecule has 2 atom stereocenters. The molecule has 38 heavy (non-hydrogen) atoms. The second kappa shape index (κ2) is 10.4. The Balaban J connectivity index is 1.56. The minimum atomic E-state index is -1.71. The fourth-order valence-corrected chi connectivity index (χ4v) is 4.97. The molecule has 0 saturated heterocycles. The van der Waals surface area contributed by atoms with Crippen molar-refractivity contribution in [3.8, 4) is 0 Å². The number of aromatic nitrogens is 1. The van der Waals surface area contributed by atoms with Gasteiger partial charge >= 0.3 is 6.03 Å². The number of primary amides is 1. The minimum Gasteiger partial charge on any atom is -0.459 e. The van der Waals surface area contributed by atoms with Gasteiger partial charge < -0.3 is 30.5 Å². The molecule has 2 unspecified atom stereocenters. The number of para-hydroxylation sites is 2. The number of amides is 3. The highest BCUT2D eigenvalue weighted by molar-refractivity contribution is 5.93. The number of hydrogen-bond donors (Lipinski definition) is 4. The third kappa shape index (κ3) is 4.73.